The monoisotopic (exact) mass is 437 g/mol. The number of nitrogens with zero attached hydrogens (tertiary/aromatic N) is 4. The number of piperidine rings is 1. The van der Waals surface area contributed by atoms with E-state index in [1.54, 1.807) is 11.3 Å². The maximum atomic E-state index is 13.3. The van der Waals surface area contributed by atoms with Crippen LogP contribution in [0.4, 0.5) is 0 Å². The lowest BCUT2D eigenvalue weighted by Gasteiger charge is -2.42. The smallest absolute Gasteiger partial charge is 0.244 e. The van der Waals surface area contributed by atoms with E-state index in [0.29, 0.717) is 26.1 Å². The second-order valence-electron chi connectivity index (χ2n) is 7.96. The molecule has 7 nitrogen and oxygen atoms in total. The number of hydrogen-bond donors (Lipinski definition) is 1. The van der Waals surface area contributed by atoms with Gasteiger partial charge in [-0.15, -0.1) is 11.3 Å². The molecule has 1 aromatic carbocycles. The van der Waals surface area contributed by atoms with Crippen LogP contribution in [0.5, 0.6) is 0 Å². The third-order valence-electron chi connectivity index (χ3n) is 5.85. The zero-order valence-electron chi connectivity index (χ0n) is 17.7. The van der Waals surface area contributed by atoms with Crippen LogP contribution >= 0.6 is 11.3 Å². The van der Waals surface area contributed by atoms with Gasteiger partial charge in [0.1, 0.15) is 19.2 Å². The molecule has 0 saturated carbocycles. The SMILES string of the molecule is CCNC(=O)C1(Cc2ccccc2-c2cccs2)CCCN(C(=O)Cn2cncn2)C1. The largest absolute Gasteiger partial charge is 0.356 e. The molecule has 1 aliphatic rings. The van der Waals surface area contributed by atoms with Crippen LogP contribution in [0.15, 0.2) is 54.4 Å². The minimum Gasteiger partial charge on any atom is -0.356 e. The summed E-state index contributed by atoms with van der Waals surface area (Å²) in [5.74, 6) is -0.0142. The molecule has 1 fully saturated rings. The Morgan fingerprint density at radius 3 is 2.84 bits per heavy atom. The van der Waals surface area contributed by atoms with Crippen LogP contribution in [0.3, 0.4) is 0 Å². The third kappa shape index (κ3) is 4.69. The average Bonchev–Trinajstić information content (AvgIpc) is 3.49. The second kappa shape index (κ2) is 9.43. The van der Waals surface area contributed by atoms with Crippen molar-refractivity contribution in [3.63, 3.8) is 0 Å². The summed E-state index contributed by atoms with van der Waals surface area (Å²) in [7, 11) is 0. The van der Waals surface area contributed by atoms with E-state index in [-0.39, 0.29) is 18.4 Å². The molecule has 8 heteroatoms. The van der Waals surface area contributed by atoms with Gasteiger partial charge in [0.15, 0.2) is 0 Å². The summed E-state index contributed by atoms with van der Waals surface area (Å²) < 4.78 is 1.52. The van der Waals surface area contributed by atoms with Crippen LogP contribution in [0, 0.1) is 5.41 Å². The van der Waals surface area contributed by atoms with Crippen LogP contribution in [0.2, 0.25) is 0 Å². The Bertz CT molecular complexity index is 1020. The highest BCUT2D eigenvalue weighted by Crippen LogP contribution is 2.38. The van der Waals surface area contributed by atoms with E-state index < -0.39 is 5.41 Å². The molecule has 2 aromatic heterocycles. The fourth-order valence-corrected chi connectivity index (χ4v) is 5.15. The van der Waals surface area contributed by atoms with E-state index in [2.05, 4.69) is 39.0 Å². The number of likely N-dealkylation sites (tertiary alicyclic amines) is 1. The number of carbonyl (C=O) groups excluding carboxylic acids is 2. The Labute approximate surface area is 186 Å². The molecular formula is C23H27N5O2S. The highest BCUT2D eigenvalue weighted by atomic mass is 32.1. The van der Waals surface area contributed by atoms with E-state index in [4.69, 9.17) is 0 Å². The Morgan fingerprint density at radius 1 is 1.23 bits per heavy atom. The Balaban J connectivity index is 1.62. The number of aromatic nitrogens is 3. The second-order valence-corrected chi connectivity index (χ2v) is 8.91. The van der Waals surface area contributed by atoms with E-state index in [0.717, 1.165) is 24.0 Å². The quantitative estimate of drug-likeness (QED) is 0.616. The summed E-state index contributed by atoms with van der Waals surface area (Å²) in [5.41, 5.74) is 1.65. The van der Waals surface area contributed by atoms with Crippen molar-refractivity contribution in [1.29, 1.82) is 0 Å². The van der Waals surface area contributed by atoms with Gasteiger partial charge in [0.05, 0.1) is 5.41 Å². The molecule has 3 heterocycles. The average molecular weight is 438 g/mol. The molecule has 162 valence electrons. The van der Waals surface area contributed by atoms with Gasteiger partial charge in [-0.3, -0.25) is 9.59 Å². The molecule has 0 radical (unpaired) electrons. The van der Waals surface area contributed by atoms with Crippen LogP contribution in [0.25, 0.3) is 10.4 Å². The maximum absolute atomic E-state index is 13.3. The summed E-state index contributed by atoms with van der Waals surface area (Å²) in [5, 5.41) is 9.14. The number of thiophene rings is 1. The zero-order valence-corrected chi connectivity index (χ0v) is 18.5. The molecule has 31 heavy (non-hydrogen) atoms. The summed E-state index contributed by atoms with van der Waals surface area (Å²) in [6.45, 7) is 3.70. The van der Waals surface area contributed by atoms with Crippen molar-refractivity contribution < 1.29 is 9.59 Å². The normalized spacial score (nSPS) is 18.7. The number of benzene rings is 1. The number of amides is 2. The van der Waals surface area contributed by atoms with Gasteiger partial charge in [-0.25, -0.2) is 9.67 Å². The van der Waals surface area contributed by atoms with Crippen molar-refractivity contribution in [1.82, 2.24) is 25.0 Å². The lowest BCUT2D eigenvalue weighted by Crippen LogP contribution is -2.55. The van der Waals surface area contributed by atoms with E-state index >= 15 is 0 Å². The van der Waals surface area contributed by atoms with Crippen molar-refractivity contribution in [2.45, 2.75) is 32.7 Å². The van der Waals surface area contributed by atoms with Crippen LogP contribution in [-0.2, 0) is 22.6 Å². The standard InChI is InChI=1S/C23H27N5O2S/c1-2-25-22(30)23(13-18-7-3-4-8-19(18)20-9-5-12-31-20)10-6-11-27(15-23)21(29)14-28-17-24-16-26-28/h3-5,7-9,12,16-17H,2,6,10-11,13-15H2,1H3,(H,25,30). The van der Waals surface area contributed by atoms with Crippen molar-refractivity contribution in [2.24, 2.45) is 5.41 Å². The van der Waals surface area contributed by atoms with E-state index in [1.807, 2.05) is 30.0 Å². The van der Waals surface area contributed by atoms with Gasteiger partial charge in [-0.1, -0.05) is 30.3 Å². The Morgan fingerprint density at radius 2 is 2.10 bits per heavy atom. The molecule has 2 amide bonds. The van der Waals surface area contributed by atoms with Crippen molar-refractivity contribution >= 4 is 23.2 Å². The first-order chi connectivity index (χ1) is 15.1. The zero-order chi connectivity index (χ0) is 21.7. The molecular weight excluding hydrogens is 410 g/mol. The Hall–Kier alpha value is -3.00. The predicted molar refractivity (Wildman–Crippen MR) is 120 cm³/mol. The molecule has 0 bridgehead atoms. The van der Waals surface area contributed by atoms with E-state index in [1.165, 1.54) is 22.2 Å². The molecule has 1 atom stereocenters. The minimum absolute atomic E-state index is 0.0224. The summed E-state index contributed by atoms with van der Waals surface area (Å²) in [4.78, 5) is 33.2. The number of nitrogens with one attached hydrogen (secondary N) is 1. The molecule has 4 rings (SSSR count). The fourth-order valence-electron chi connectivity index (χ4n) is 4.37. The molecule has 1 unspecified atom stereocenters. The number of rotatable bonds is 7. The lowest BCUT2D eigenvalue weighted by atomic mass is 9.73. The van der Waals surface area contributed by atoms with Gasteiger partial charge in [-0.05, 0) is 48.8 Å². The molecule has 1 N–H and O–H groups in total. The molecule has 1 saturated heterocycles. The van der Waals surface area contributed by atoms with Gasteiger partial charge in [0.2, 0.25) is 11.8 Å². The van der Waals surface area contributed by atoms with Crippen molar-refractivity contribution in [3.05, 3.63) is 60.0 Å². The molecule has 0 aliphatic carbocycles. The number of hydrogen-bond acceptors (Lipinski definition) is 5. The van der Waals surface area contributed by atoms with Crippen molar-refractivity contribution in [3.8, 4) is 10.4 Å². The number of carbonyl (C=O) groups is 2. The van der Waals surface area contributed by atoms with E-state index in [9.17, 15) is 9.59 Å². The van der Waals surface area contributed by atoms with Gasteiger partial charge in [0.25, 0.3) is 0 Å². The summed E-state index contributed by atoms with van der Waals surface area (Å²) >= 11 is 1.70. The summed E-state index contributed by atoms with van der Waals surface area (Å²) in [6, 6.07) is 12.4. The van der Waals surface area contributed by atoms with Gasteiger partial charge >= 0.3 is 0 Å². The topological polar surface area (TPSA) is 80.1 Å². The van der Waals surface area contributed by atoms with Gasteiger partial charge < -0.3 is 10.2 Å². The first kappa shape index (κ1) is 21.2. The molecule has 0 spiro atoms. The van der Waals surface area contributed by atoms with Gasteiger partial charge in [-0.2, -0.15) is 5.10 Å². The van der Waals surface area contributed by atoms with Crippen molar-refractivity contribution in [2.75, 3.05) is 19.6 Å². The third-order valence-corrected chi connectivity index (χ3v) is 6.75. The first-order valence-electron chi connectivity index (χ1n) is 10.6. The summed E-state index contributed by atoms with van der Waals surface area (Å²) in [6.07, 6.45) is 5.10. The highest BCUT2D eigenvalue weighted by molar-refractivity contribution is 7.13. The fraction of sp³-hybridized carbons (Fsp3) is 0.391. The van der Waals surface area contributed by atoms with Crippen LogP contribution in [-0.4, -0.2) is 51.1 Å². The first-order valence-corrected chi connectivity index (χ1v) is 11.5. The lowest BCUT2D eigenvalue weighted by molar-refractivity contribution is -0.142. The Kier molecular flexibility index (Phi) is 6.46. The predicted octanol–water partition coefficient (Wildman–Crippen LogP) is 2.99. The molecule has 1 aliphatic heterocycles. The van der Waals surface area contributed by atoms with Crippen LogP contribution < -0.4 is 5.32 Å². The van der Waals surface area contributed by atoms with Crippen LogP contribution in [0.1, 0.15) is 25.3 Å². The van der Waals surface area contributed by atoms with Gasteiger partial charge in [0, 0.05) is 24.5 Å². The maximum Gasteiger partial charge on any atom is 0.244 e. The molecule has 3 aromatic rings. The minimum atomic E-state index is -0.653. The highest BCUT2D eigenvalue weighted by Gasteiger charge is 2.43.